The molecule has 2 atom stereocenters. The molecule has 3 rings (SSSR count). The zero-order chi connectivity index (χ0) is 19.3. The summed E-state index contributed by atoms with van der Waals surface area (Å²) in [4.78, 5) is 13.7. The fourth-order valence-corrected chi connectivity index (χ4v) is 7.55. The molecule has 2 aliphatic heterocycles. The predicted octanol–water partition coefficient (Wildman–Crippen LogP) is 1.18. The van der Waals surface area contributed by atoms with Gasteiger partial charge in [-0.1, -0.05) is 6.92 Å². The van der Waals surface area contributed by atoms with Gasteiger partial charge in [-0.25, -0.2) is 16.8 Å². The molecule has 0 aromatic heterocycles. The third kappa shape index (κ3) is 3.27. The summed E-state index contributed by atoms with van der Waals surface area (Å²) in [6.45, 7) is 5.36. The highest BCUT2D eigenvalue weighted by Crippen LogP contribution is 2.35. The first-order chi connectivity index (χ1) is 12.1. The van der Waals surface area contributed by atoms with Gasteiger partial charge in [-0.05, 0) is 43.5 Å². The Morgan fingerprint density at radius 1 is 1.35 bits per heavy atom. The Morgan fingerprint density at radius 2 is 2.04 bits per heavy atom. The zero-order valence-corrected chi connectivity index (χ0v) is 16.8. The molecule has 2 heterocycles. The number of sulfone groups is 1. The van der Waals surface area contributed by atoms with Crippen LogP contribution in [0, 0.1) is 0 Å². The molecule has 26 heavy (non-hydrogen) atoms. The first-order valence-electron chi connectivity index (χ1n) is 8.72. The van der Waals surface area contributed by atoms with E-state index in [9.17, 15) is 21.6 Å². The molecule has 0 bridgehead atoms. The van der Waals surface area contributed by atoms with Crippen LogP contribution in [0.1, 0.15) is 32.8 Å². The summed E-state index contributed by atoms with van der Waals surface area (Å²) in [6.07, 6.45) is 0.928. The third-order valence-corrected chi connectivity index (χ3v) is 8.91. The van der Waals surface area contributed by atoms with Gasteiger partial charge in [0, 0.05) is 31.2 Å². The number of rotatable bonds is 4. The van der Waals surface area contributed by atoms with Gasteiger partial charge in [0.2, 0.25) is 15.9 Å². The normalized spacial score (nSPS) is 24.8. The van der Waals surface area contributed by atoms with Gasteiger partial charge in [0.15, 0.2) is 9.84 Å². The minimum absolute atomic E-state index is 0.0114. The number of amides is 1. The Morgan fingerprint density at radius 3 is 2.58 bits per heavy atom. The van der Waals surface area contributed by atoms with Gasteiger partial charge in [-0.3, -0.25) is 4.79 Å². The first kappa shape index (κ1) is 19.3. The SMILES string of the molecule is CCN([C@H]1CCS(=O)(=O)C1)S(=O)(=O)c1ccc2c(c1)C[C@@H](C)N2C(C)=O. The second kappa shape index (κ2) is 6.61. The van der Waals surface area contributed by atoms with Crippen molar-refractivity contribution >= 4 is 31.5 Å². The Kier molecular flexibility index (Phi) is 4.91. The molecule has 144 valence electrons. The Bertz CT molecular complexity index is 940. The lowest BCUT2D eigenvalue weighted by Crippen LogP contribution is -2.40. The summed E-state index contributed by atoms with van der Waals surface area (Å²) in [5.74, 6) is -0.169. The molecule has 0 aliphatic carbocycles. The summed E-state index contributed by atoms with van der Waals surface area (Å²) in [7, 11) is -6.97. The van der Waals surface area contributed by atoms with E-state index in [1.807, 2.05) is 6.92 Å². The largest absolute Gasteiger partial charge is 0.309 e. The van der Waals surface area contributed by atoms with Crippen LogP contribution < -0.4 is 4.90 Å². The number of hydrogen-bond donors (Lipinski definition) is 0. The minimum atomic E-state index is -3.80. The monoisotopic (exact) mass is 400 g/mol. The van der Waals surface area contributed by atoms with Crippen molar-refractivity contribution in [1.82, 2.24) is 4.31 Å². The molecule has 1 aromatic carbocycles. The third-order valence-electron chi connectivity index (χ3n) is 5.14. The van der Waals surface area contributed by atoms with Gasteiger partial charge in [0.05, 0.1) is 16.4 Å². The molecule has 2 aliphatic rings. The van der Waals surface area contributed by atoms with E-state index in [2.05, 4.69) is 0 Å². The predicted molar refractivity (Wildman–Crippen MR) is 99.4 cm³/mol. The topological polar surface area (TPSA) is 91.8 Å². The van der Waals surface area contributed by atoms with Crippen molar-refractivity contribution < 1.29 is 21.6 Å². The highest BCUT2D eigenvalue weighted by Gasteiger charge is 2.38. The molecule has 0 unspecified atom stereocenters. The van der Waals surface area contributed by atoms with E-state index in [-0.39, 0.29) is 34.9 Å². The zero-order valence-electron chi connectivity index (χ0n) is 15.2. The molecule has 9 heteroatoms. The van der Waals surface area contributed by atoms with Gasteiger partial charge in [0.1, 0.15) is 0 Å². The molecule has 0 saturated carbocycles. The van der Waals surface area contributed by atoms with E-state index in [4.69, 9.17) is 0 Å². The number of sulfonamides is 1. The van der Waals surface area contributed by atoms with Crippen LogP contribution in [0.4, 0.5) is 5.69 Å². The molecule has 0 radical (unpaired) electrons. The van der Waals surface area contributed by atoms with E-state index in [1.54, 1.807) is 24.0 Å². The van der Waals surface area contributed by atoms with Crippen LogP contribution in [0.25, 0.3) is 0 Å². The van der Waals surface area contributed by atoms with Crippen molar-refractivity contribution in [1.29, 1.82) is 0 Å². The Hall–Kier alpha value is -1.45. The van der Waals surface area contributed by atoms with Gasteiger partial charge in [-0.2, -0.15) is 4.31 Å². The van der Waals surface area contributed by atoms with Gasteiger partial charge < -0.3 is 4.90 Å². The quantitative estimate of drug-likeness (QED) is 0.757. The second-order valence-corrected chi connectivity index (χ2v) is 11.1. The Labute approximate surface area is 155 Å². The van der Waals surface area contributed by atoms with E-state index in [0.717, 1.165) is 11.3 Å². The molecule has 0 N–H and O–H groups in total. The maximum atomic E-state index is 13.1. The molecule has 1 aromatic rings. The molecular formula is C17H24N2O5S2. The van der Waals surface area contributed by atoms with Crippen molar-refractivity contribution in [2.45, 2.75) is 50.6 Å². The van der Waals surface area contributed by atoms with Gasteiger partial charge in [-0.15, -0.1) is 0 Å². The number of hydrogen-bond acceptors (Lipinski definition) is 5. The van der Waals surface area contributed by atoms with Crippen LogP contribution in [0.3, 0.4) is 0 Å². The van der Waals surface area contributed by atoms with E-state index < -0.39 is 25.9 Å². The number of anilines is 1. The number of nitrogens with zero attached hydrogens (tertiary/aromatic N) is 2. The van der Waals surface area contributed by atoms with E-state index in [1.165, 1.54) is 17.3 Å². The molecule has 1 saturated heterocycles. The van der Waals surface area contributed by atoms with Crippen molar-refractivity contribution in [3.8, 4) is 0 Å². The van der Waals surface area contributed by atoms with Gasteiger partial charge in [0.25, 0.3) is 0 Å². The molecule has 1 fully saturated rings. The summed E-state index contributed by atoms with van der Waals surface area (Å²) < 4.78 is 51.0. The van der Waals surface area contributed by atoms with Crippen LogP contribution >= 0.6 is 0 Å². The summed E-state index contributed by atoms with van der Waals surface area (Å²) in [5.41, 5.74) is 1.57. The van der Waals surface area contributed by atoms with Crippen LogP contribution in [0.2, 0.25) is 0 Å². The lowest BCUT2D eigenvalue weighted by Gasteiger charge is -2.26. The highest BCUT2D eigenvalue weighted by molar-refractivity contribution is 7.92. The van der Waals surface area contributed by atoms with Crippen LogP contribution in [0.5, 0.6) is 0 Å². The minimum Gasteiger partial charge on any atom is -0.309 e. The highest BCUT2D eigenvalue weighted by atomic mass is 32.2. The molecule has 1 amide bonds. The van der Waals surface area contributed by atoms with Crippen molar-refractivity contribution in [2.24, 2.45) is 0 Å². The smallest absolute Gasteiger partial charge is 0.243 e. The van der Waals surface area contributed by atoms with E-state index in [0.29, 0.717) is 12.8 Å². The van der Waals surface area contributed by atoms with Crippen LogP contribution in [0.15, 0.2) is 23.1 Å². The fraction of sp³-hybridized carbons (Fsp3) is 0.588. The summed E-state index contributed by atoms with van der Waals surface area (Å²) in [5, 5.41) is 0. The number of carbonyl (C=O) groups is 1. The average molecular weight is 401 g/mol. The lowest BCUT2D eigenvalue weighted by atomic mass is 10.1. The first-order valence-corrected chi connectivity index (χ1v) is 12.0. The summed E-state index contributed by atoms with van der Waals surface area (Å²) in [6, 6.07) is 4.27. The molecule has 7 nitrogen and oxygen atoms in total. The average Bonchev–Trinajstić information content (AvgIpc) is 3.05. The maximum Gasteiger partial charge on any atom is 0.243 e. The Balaban J connectivity index is 1.96. The standard InChI is InChI=1S/C17H24N2O5S2/c1-4-18(15-7-8-25(21,22)11-15)26(23,24)16-5-6-17-14(10-16)9-12(2)19(17)13(3)20/h5-6,10,12,15H,4,7-9,11H2,1-3H3/t12-,15+/m1/s1. The van der Waals surface area contributed by atoms with E-state index >= 15 is 0 Å². The summed E-state index contributed by atoms with van der Waals surface area (Å²) >= 11 is 0. The lowest BCUT2D eigenvalue weighted by molar-refractivity contribution is -0.116. The number of benzene rings is 1. The second-order valence-electron chi connectivity index (χ2n) is 7.00. The van der Waals surface area contributed by atoms with Crippen molar-refractivity contribution in [3.05, 3.63) is 23.8 Å². The molecule has 0 spiro atoms. The molecular weight excluding hydrogens is 376 g/mol. The fourth-order valence-electron chi connectivity index (χ4n) is 4.01. The van der Waals surface area contributed by atoms with Crippen LogP contribution in [-0.4, -0.2) is 57.2 Å². The maximum absolute atomic E-state index is 13.1. The van der Waals surface area contributed by atoms with Gasteiger partial charge >= 0.3 is 0 Å². The van der Waals surface area contributed by atoms with Crippen molar-refractivity contribution in [2.75, 3.05) is 23.0 Å². The van der Waals surface area contributed by atoms with Crippen molar-refractivity contribution in [3.63, 3.8) is 0 Å². The van der Waals surface area contributed by atoms with Crippen LogP contribution in [-0.2, 0) is 31.1 Å². The number of fused-ring (bicyclic) bond motifs is 1. The number of carbonyl (C=O) groups excluding carboxylic acids is 1.